The van der Waals surface area contributed by atoms with E-state index < -0.39 is 0 Å². The summed E-state index contributed by atoms with van der Waals surface area (Å²) in [6.45, 7) is 6.74. The Morgan fingerprint density at radius 3 is 2.33 bits per heavy atom. The molecule has 0 radical (unpaired) electrons. The number of aromatic nitrogens is 1. The predicted octanol–water partition coefficient (Wildman–Crippen LogP) is 4.44. The Bertz CT molecular complexity index is 285. The number of alkyl halides is 1. The van der Waals surface area contributed by atoms with Gasteiger partial charge in [-0.15, -0.1) is 0 Å². The minimum atomic E-state index is 0.531. The summed E-state index contributed by atoms with van der Waals surface area (Å²) in [5.41, 5.74) is 1.17. The zero-order valence-electron chi connectivity index (χ0n) is 9.37. The van der Waals surface area contributed by atoms with Crippen molar-refractivity contribution in [3.8, 4) is 0 Å². The third-order valence-electron chi connectivity index (χ3n) is 2.68. The molecule has 2 unspecified atom stereocenters. The van der Waals surface area contributed by atoms with Crippen LogP contribution in [-0.2, 0) is 6.42 Å². The van der Waals surface area contributed by atoms with Gasteiger partial charge in [0.2, 0.25) is 0 Å². The molecule has 2 atom stereocenters. The molecule has 1 nitrogen and oxygen atoms in total. The lowest BCUT2D eigenvalue weighted by Gasteiger charge is -2.23. The highest BCUT2D eigenvalue weighted by atomic mass is 79.9. The highest BCUT2D eigenvalue weighted by molar-refractivity contribution is 9.10. The van der Waals surface area contributed by atoms with Gasteiger partial charge in [0, 0.05) is 21.2 Å². The summed E-state index contributed by atoms with van der Waals surface area (Å²) in [6, 6.07) is 4.15. The van der Waals surface area contributed by atoms with Gasteiger partial charge in [-0.3, -0.25) is 4.98 Å². The second kappa shape index (κ2) is 6.00. The van der Waals surface area contributed by atoms with Gasteiger partial charge in [-0.2, -0.15) is 0 Å². The molecule has 3 heteroatoms. The van der Waals surface area contributed by atoms with Crippen molar-refractivity contribution >= 4 is 31.9 Å². The van der Waals surface area contributed by atoms with Gasteiger partial charge in [0.25, 0.3) is 0 Å². The van der Waals surface area contributed by atoms with Crippen molar-refractivity contribution in [3.05, 3.63) is 28.5 Å². The monoisotopic (exact) mass is 333 g/mol. The van der Waals surface area contributed by atoms with Gasteiger partial charge in [-0.25, -0.2) is 0 Å². The SMILES string of the molecule is CC(C)C(Cc1ccc(Br)cn1)C(C)Br. The van der Waals surface area contributed by atoms with Gasteiger partial charge in [0.05, 0.1) is 0 Å². The van der Waals surface area contributed by atoms with Crippen molar-refractivity contribution in [3.63, 3.8) is 0 Å². The number of halogens is 2. The summed E-state index contributed by atoms with van der Waals surface area (Å²) < 4.78 is 1.04. The van der Waals surface area contributed by atoms with Gasteiger partial charge in [-0.05, 0) is 46.3 Å². The Balaban J connectivity index is 2.70. The maximum Gasteiger partial charge on any atom is 0.0413 e. The second-order valence-electron chi connectivity index (χ2n) is 4.26. The van der Waals surface area contributed by atoms with E-state index in [1.807, 2.05) is 6.20 Å². The van der Waals surface area contributed by atoms with Crippen LogP contribution in [0, 0.1) is 11.8 Å². The van der Waals surface area contributed by atoms with Crippen LogP contribution in [-0.4, -0.2) is 9.81 Å². The van der Waals surface area contributed by atoms with Gasteiger partial charge in [0.1, 0.15) is 0 Å². The number of nitrogens with zero attached hydrogens (tertiary/aromatic N) is 1. The first kappa shape index (κ1) is 13.2. The van der Waals surface area contributed by atoms with E-state index in [1.165, 1.54) is 5.69 Å². The molecule has 0 aliphatic rings. The molecule has 0 aromatic carbocycles. The van der Waals surface area contributed by atoms with Crippen LogP contribution in [0.25, 0.3) is 0 Å². The smallest absolute Gasteiger partial charge is 0.0413 e. The van der Waals surface area contributed by atoms with Gasteiger partial charge < -0.3 is 0 Å². The molecule has 0 spiro atoms. The summed E-state index contributed by atoms with van der Waals surface area (Å²) in [7, 11) is 0. The minimum absolute atomic E-state index is 0.531. The fourth-order valence-corrected chi connectivity index (χ4v) is 2.73. The van der Waals surface area contributed by atoms with Crippen molar-refractivity contribution in [2.24, 2.45) is 11.8 Å². The van der Waals surface area contributed by atoms with Gasteiger partial charge in [-0.1, -0.05) is 36.7 Å². The van der Waals surface area contributed by atoms with Crippen LogP contribution in [0.2, 0.25) is 0 Å². The molecule has 1 rings (SSSR count). The molecule has 84 valence electrons. The van der Waals surface area contributed by atoms with Gasteiger partial charge in [0.15, 0.2) is 0 Å². The van der Waals surface area contributed by atoms with Crippen molar-refractivity contribution < 1.29 is 0 Å². The lowest BCUT2D eigenvalue weighted by molar-refractivity contribution is 0.380. The Morgan fingerprint density at radius 1 is 1.27 bits per heavy atom. The molecule has 0 aliphatic carbocycles. The summed E-state index contributed by atoms with van der Waals surface area (Å²) in [5.74, 6) is 1.31. The predicted molar refractivity (Wildman–Crippen MR) is 72.4 cm³/mol. The highest BCUT2D eigenvalue weighted by Crippen LogP contribution is 2.25. The molecule has 0 saturated heterocycles. The molecule has 1 aromatic rings. The first-order valence-electron chi connectivity index (χ1n) is 5.25. The molecule has 1 heterocycles. The van der Waals surface area contributed by atoms with E-state index in [2.05, 4.69) is 69.7 Å². The van der Waals surface area contributed by atoms with E-state index in [0.29, 0.717) is 16.7 Å². The average molecular weight is 335 g/mol. The Labute approximate surface area is 109 Å². The molecule has 1 aromatic heterocycles. The largest absolute Gasteiger partial charge is 0.260 e. The van der Waals surface area contributed by atoms with E-state index >= 15 is 0 Å². The Kier molecular flexibility index (Phi) is 5.27. The quantitative estimate of drug-likeness (QED) is 0.742. The lowest BCUT2D eigenvalue weighted by atomic mass is 9.89. The van der Waals surface area contributed by atoms with Crippen molar-refractivity contribution in [2.75, 3.05) is 0 Å². The molecule has 0 bridgehead atoms. The number of rotatable bonds is 4. The molecular weight excluding hydrogens is 318 g/mol. The topological polar surface area (TPSA) is 12.9 Å². The number of hydrogen-bond donors (Lipinski definition) is 0. The van der Waals surface area contributed by atoms with Crippen LogP contribution < -0.4 is 0 Å². The van der Waals surface area contributed by atoms with Crippen LogP contribution in [0.1, 0.15) is 26.5 Å². The third-order valence-corrected chi connectivity index (χ3v) is 3.83. The molecule has 0 saturated carbocycles. The number of pyridine rings is 1. The maximum atomic E-state index is 4.42. The molecule has 0 fully saturated rings. The van der Waals surface area contributed by atoms with E-state index in [-0.39, 0.29) is 0 Å². The first-order valence-corrected chi connectivity index (χ1v) is 6.96. The van der Waals surface area contributed by atoms with Crippen LogP contribution >= 0.6 is 31.9 Å². The fraction of sp³-hybridized carbons (Fsp3) is 0.583. The second-order valence-corrected chi connectivity index (χ2v) is 6.62. The van der Waals surface area contributed by atoms with Crippen LogP contribution in [0.3, 0.4) is 0 Å². The molecular formula is C12H17Br2N. The van der Waals surface area contributed by atoms with Crippen LogP contribution in [0.5, 0.6) is 0 Å². The van der Waals surface area contributed by atoms with Crippen LogP contribution in [0.4, 0.5) is 0 Å². The van der Waals surface area contributed by atoms with Gasteiger partial charge >= 0.3 is 0 Å². The van der Waals surface area contributed by atoms with Crippen LogP contribution in [0.15, 0.2) is 22.8 Å². The van der Waals surface area contributed by atoms with E-state index in [4.69, 9.17) is 0 Å². The van der Waals surface area contributed by atoms with E-state index in [9.17, 15) is 0 Å². The average Bonchev–Trinajstić information content (AvgIpc) is 2.15. The zero-order chi connectivity index (χ0) is 11.4. The maximum absolute atomic E-state index is 4.42. The number of hydrogen-bond acceptors (Lipinski definition) is 1. The highest BCUT2D eigenvalue weighted by Gasteiger charge is 2.19. The van der Waals surface area contributed by atoms with Crippen molar-refractivity contribution in [1.29, 1.82) is 0 Å². The summed E-state index contributed by atoms with van der Waals surface area (Å²) in [6.07, 6.45) is 2.91. The lowest BCUT2D eigenvalue weighted by Crippen LogP contribution is -2.20. The van der Waals surface area contributed by atoms with Crippen molar-refractivity contribution in [1.82, 2.24) is 4.98 Å². The summed E-state index contributed by atoms with van der Waals surface area (Å²) in [4.78, 5) is 4.95. The minimum Gasteiger partial charge on any atom is -0.260 e. The van der Waals surface area contributed by atoms with E-state index in [1.54, 1.807) is 0 Å². The molecule has 0 N–H and O–H groups in total. The molecule has 15 heavy (non-hydrogen) atoms. The Hall–Kier alpha value is 0.110. The molecule has 0 aliphatic heterocycles. The fourth-order valence-electron chi connectivity index (χ4n) is 1.70. The Morgan fingerprint density at radius 2 is 1.93 bits per heavy atom. The normalized spacial score (nSPS) is 15.3. The van der Waals surface area contributed by atoms with E-state index in [0.717, 1.165) is 10.9 Å². The standard InChI is InChI=1S/C12H17Br2N/c1-8(2)12(9(3)13)6-11-5-4-10(14)7-15-11/h4-5,7-9,12H,6H2,1-3H3. The zero-order valence-corrected chi connectivity index (χ0v) is 12.5. The molecule has 0 amide bonds. The first-order chi connectivity index (χ1) is 7.00. The van der Waals surface area contributed by atoms with Crippen molar-refractivity contribution in [2.45, 2.75) is 32.0 Å². The summed E-state index contributed by atoms with van der Waals surface area (Å²) in [5, 5.41) is 0. The third kappa shape index (κ3) is 4.23. The summed E-state index contributed by atoms with van der Waals surface area (Å²) >= 11 is 7.07.